The number of aromatic nitrogens is 4. The predicted molar refractivity (Wildman–Crippen MR) is 145 cm³/mol. The van der Waals surface area contributed by atoms with Gasteiger partial charge < -0.3 is 9.97 Å². The van der Waals surface area contributed by atoms with E-state index < -0.39 is 0 Å². The second-order valence-electron chi connectivity index (χ2n) is 7.64. The second-order valence-corrected chi connectivity index (χ2v) is 9.81. The third kappa shape index (κ3) is 8.22. The van der Waals surface area contributed by atoms with Gasteiger partial charge in [0.25, 0.3) is 0 Å². The lowest BCUT2D eigenvalue weighted by Crippen LogP contribution is -1.86. The number of benzene rings is 2. The highest BCUT2D eigenvalue weighted by molar-refractivity contribution is 7.99. The van der Waals surface area contributed by atoms with Crippen LogP contribution in [0.3, 0.4) is 0 Å². The molecule has 174 valence electrons. The van der Waals surface area contributed by atoms with Gasteiger partial charge in [-0.05, 0) is 37.1 Å². The van der Waals surface area contributed by atoms with E-state index >= 15 is 0 Å². The second kappa shape index (κ2) is 14.7. The van der Waals surface area contributed by atoms with E-state index in [1.165, 1.54) is 51.4 Å². The Labute approximate surface area is 211 Å². The fourth-order valence-corrected chi connectivity index (χ4v) is 5.37. The average molecular weight is 512 g/mol. The molecular weight excluding hydrogens is 479 g/mol. The van der Waals surface area contributed by atoms with Crippen molar-refractivity contribution in [2.75, 3.05) is 11.5 Å². The topological polar surface area (TPSA) is 57.4 Å². The number of unbranched alkanes of at least 4 members (excludes halogenated alkanes) is 7. The van der Waals surface area contributed by atoms with Crippen molar-refractivity contribution in [2.45, 2.75) is 61.7 Å². The number of rotatable bonds is 13. The van der Waals surface area contributed by atoms with Gasteiger partial charge in [0.05, 0.1) is 22.1 Å². The highest BCUT2D eigenvalue weighted by atomic mass is 35.5. The average Bonchev–Trinajstić information content (AvgIpc) is 3.37. The fraction of sp³-hybridized carbons (Fsp3) is 0.417. The van der Waals surface area contributed by atoms with Crippen LogP contribution in [0, 0.1) is 0 Å². The van der Waals surface area contributed by atoms with E-state index in [1.807, 2.05) is 35.7 Å². The fourth-order valence-electron chi connectivity index (χ4n) is 3.60. The largest absolute Gasteiger partial charge is 0.333 e. The van der Waals surface area contributed by atoms with E-state index in [9.17, 15) is 0 Å². The Hall–Kier alpha value is -1.34. The summed E-state index contributed by atoms with van der Waals surface area (Å²) < 4.78 is 0. The van der Waals surface area contributed by atoms with Crippen LogP contribution in [-0.4, -0.2) is 31.4 Å². The van der Waals surface area contributed by atoms with Crippen molar-refractivity contribution in [2.24, 2.45) is 0 Å². The minimum atomic E-state index is 0. The monoisotopic (exact) mass is 510 g/mol. The predicted octanol–water partition coefficient (Wildman–Crippen LogP) is 8.29. The molecule has 0 unspecified atom stereocenters. The summed E-state index contributed by atoms with van der Waals surface area (Å²) in [4.78, 5) is 16.0. The van der Waals surface area contributed by atoms with Crippen LogP contribution in [0.25, 0.3) is 22.1 Å². The quantitative estimate of drug-likeness (QED) is 0.140. The Morgan fingerprint density at radius 2 is 0.906 bits per heavy atom. The summed E-state index contributed by atoms with van der Waals surface area (Å²) in [6.45, 7) is 0. The molecule has 0 bridgehead atoms. The number of nitrogens with one attached hydrogen (secondary N) is 2. The van der Waals surface area contributed by atoms with Gasteiger partial charge in [-0.25, -0.2) is 9.97 Å². The van der Waals surface area contributed by atoms with Gasteiger partial charge in [-0.1, -0.05) is 86.3 Å². The molecule has 8 heteroatoms. The van der Waals surface area contributed by atoms with Crippen LogP contribution in [0.2, 0.25) is 0 Å². The SMILES string of the molecule is Cl.Cl.c1ccc2[nH]c(SCCCCCCCCCCSc3nc4ccccc4[nH]3)nc2c1. The van der Waals surface area contributed by atoms with Crippen molar-refractivity contribution in [1.82, 2.24) is 19.9 Å². The molecule has 2 N–H and O–H groups in total. The van der Waals surface area contributed by atoms with Crippen LogP contribution >= 0.6 is 48.3 Å². The van der Waals surface area contributed by atoms with Gasteiger partial charge in [-0.2, -0.15) is 0 Å². The summed E-state index contributed by atoms with van der Waals surface area (Å²) in [5.41, 5.74) is 4.40. The highest BCUT2D eigenvalue weighted by Gasteiger charge is 2.03. The normalized spacial score (nSPS) is 10.9. The third-order valence-electron chi connectivity index (χ3n) is 5.25. The molecule has 32 heavy (non-hydrogen) atoms. The van der Waals surface area contributed by atoms with Gasteiger partial charge in [0.1, 0.15) is 0 Å². The van der Waals surface area contributed by atoms with Gasteiger partial charge >= 0.3 is 0 Å². The zero-order chi connectivity index (χ0) is 20.4. The summed E-state index contributed by atoms with van der Waals surface area (Å²) in [6.07, 6.45) is 10.6. The molecular formula is C24H32Cl2N4S2. The molecule has 0 atom stereocenters. The number of hydrogen-bond donors (Lipinski definition) is 2. The van der Waals surface area contributed by atoms with Crippen molar-refractivity contribution in [3.63, 3.8) is 0 Å². The molecule has 0 aliphatic carbocycles. The first kappa shape index (κ1) is 26.9. The van der Waals surface area contributed by atoms with Crippen molar-refractivity contribution < 1.29 is 0 Å². The molecule has 4 aromatic rings. The zero-order valence-electron chi connectivity index (χ0n) is 18.2. The molecule has 0 fully saturated rings. The number of H-pyrrole nitrogens is 2. The smallest absolute Gasteiger partial charge is 0.166 e. The van der Waals surface area contributed by atoms with E-state index in [-0.39, 0.29) is 24.8 Å². The number of thioether (sulfide) groups is 2. The molecule has 0 radical (unpaired) electrons. The molecule has 0 saturated heterocycles. The Bertz CT molecular complexity index is 901. The third-order valence-corrected chi connectivity index (χ3v) is 7.17. The molecule has 0 amide bonds. The van der Waals surface area contributed by atoms with Gasteiger partial charge in [-0.15, -0.1) is 24.8 Å². The number of nitrogens with zero attached hydrogens (tertiary/aromatic N) is 2. The summed E-state index contributed by atoms with van der Waals surface area (Å²) >= 11 is 3.69. The van der Waals surface area contributed by atoms with Crippen molar-refractivity contribution >= 4 is 70.4 Å². The first-order chi connectivity index (χ1) is 14.9. The lowest BCUT2D eigenvalue weighted by Gasteiger charge is -2.02. The van der Waals surface area contributed by atoms with Crippen molar-refractivity contribution in [3.8, 4) is 0 Å². The Kier molecular flexibility index (Phi) is 12.4. The Morgan fingerprint density at radius 1 is 0.531 bits per heavy atom. The first-order valence-corrected chi connectivity index (χ1v) is 13.0. The molecule has 4 rings (SSSR count). The standard InChI is InChI=1S/C24H30N4S2.2ClH/c1(3-5-11-17-29-23-25-19-13-7-8-14-20(19)26-23)2-4-6-12-18-30-24-27-21-15-9-10-16-22(21)28-24;;/h7-10,13-16H,1-6,11-12,17-18H2,(H,25,26)(H,27,28);2*1H. The number of hydrogen-bond acceptors (Lipinski definition) is 4. The Morgan fingerprint density at radius 3 is 1.31 bits per heavy atom. The van der Waals surface area contributed by atoms with E-state index in [4.69, 9.17) is 0 Å². The van der Waals surface area contributed by atoms with Crippen LogP contribution in [0.5, 0.6) is 0 Å². The van der Waals surface area contributed by atoms with Gasteiger partial charge in [-0.3, -0.25) is 0 Å². The number of aromatic amines is 2. The summed E-state index contributed by atoms with van der Waals surface area (Å²) in [5.74, 6) is 2.30. The molecule has 0 aliphatic heterocycles. The van der Waals surface area contributed by atoms with Crippen LogP contribution in [0.1, 0.15) is 51.4 Å². The minimum absolute atomic E-state index is 0. The minimum Gasteiger partial charge on any atom is -0.333 e. The van der Waals surface area contributed by atoms with E-state index in [1.54, 1.807) is 0 Å². The van der Waals surface area contributed by atoms with Crippen molar-refractivity contribution in [3.05, 3.63) is 48.5 Å². The molecule has 4 nitrogen and oxygen atoms in total. The maximum Gasteiger partial charge on any atom is 0.166 e. The summed E-state index contributed by atoms with van der Waals surface area (Å²) in [6, 6.07) is 16.5. The maximum atomic E-state index is 4.63. The van der Waals surface area contributed by atoms with E-state index in [0.717, 1.165) is 43.9 Å². The van der Waals surface area contributed by atoms with Crippen LogP contribution in [0.15, 0.2) is 58.8 Å². The highest BCUT2D eigenvalue weighted by Crippen LogP contribution is 2.22. The van der Waals surface area contributed by atoms with E-state index in [2.05, 4.69) is 56.3 Å². The molecule has 2 aromatic carbocycles. The first-order valence-electron chi connectivity index (χ1n) is 11.0. The Balaban J connectivity index is 0.00000181. The number of para-hydroxylation sites is 4. The lowest BCUT2D eigenvalue weighted by atomic mass is 10.1. The zero-order valence-corrected chi connectivity index (χ0v) is 21.5. The van der Waals surface area contributed by atoms with Crippen LogP contribution in [-0.2, 0) is 0 Å². The lowest BCUT2D eigenvalue weighted by molar-refractivity contribution is 0.587. The number of imidazole rings is 2. The molecule has 0 saturated carbocycles. The molecule has 2 heterocycles. The molecule has 0 spiro atoms. The molecule has 0 aliphatic rings. The number of halogens is 2. The van der Waals surface area contributed by atoms with Crippen LogP contribution < -0.4 is 0 Å². The number of fused-ring (bicyclic) bond motifs is 2. The summed E-state index contributed by atoms with van der Waals surface area (Å²) in [7, 11) is 0. The van der Waals surface area contributed by atoms with Gasteiger partial charge in [0.15, 0.2) is 10.3 Å². The molecule has 2 aromatic heterocycles. The van der Waals surface area contributed by atoms with Gasteiger partial charge in [0, 0.05) is 11.5 Å². The van der Waals surface area contributed by atoms with Gasteiger partial charge in [0.2, 0.25) is 0 Å². The van der Waals surface area contributed by atoms with E-state index in [0.29, 0.717) is 0 Å². The maximum absolute atomic E-state index is 4.63. The van der Waals surface area contributed by atoms with Crippen LogP contribution in [0.4, 0.5) is 0 Å². The summed E-state index contributed by atoms with van der Waals surface area (Å²) in [5, 5.41) is 2.11. The van der Waals surface area contributed by atoms with Crippen molar-refractivity contribution in [1.29, 1.82) is 0 Å².